The highest BCUT2D eigenvalue weighted by atomic mass is 32.2. The number of hydrogen-bond acceptors (Lipinski definition) is 4. The van der Waals surface area contributed by atoms with Gasteiger partial charge in [-0.05, 0) is 83.1 Å². The molecule has 1 unspecified atom stereocenters. The van der Waals surface area contributed by atoms with Crippen molar-refractivity contribution < 1.29 is 14.4 Å². The predicted octanol–water partition coefficient (Wildman–Crippen LogP) is 9.40. The fourth-order valence-electron chi connectivity index (χ4n) is 5.02. The lowest BCUT2D eigenvalue weighted by atomic mass is 10.0. The zero-order chi connectivity index (χ0) is 33.9. The summed E-state index contributed by atoms with van der Waals surface area (Å²) in [4.78, 5) is 40.8. The molecule has 3 N–H and O–H groups in total. The van der Waals surface area contributed by atoms with Crippen molar-refractivity contribution in [3.63, 3.8) is 0 Å². The lowest BCUT2D eigenvalue weighted by Crippen LogP contribution is -2.30. The molecule has 48 heavy (non-hydrogen) atoms. The normalized spacial score (nSPS) is 11.9. The molecule has 5 aromatic rings. The van der Waals surface area contributed by atoms with E-state index in [1.807, 2.05) is 110 Å². The highest BCUT2D eigenvalue weighted by molar-refractivity contribution is 8.00. The number of anilines is 2. The van der Waals surface area contributed by atoms with E-state index in [2.05, 4.69) is 29.8 Å². The number of hydrogen-bond donors (Lipinski definition) is 3. The van der Waals surface area contributed by atoms with E-state index in [1.165, 1.54) is 17.3 Å². The van der Waals surface area contributed by atoms with Crippen LogP contribution in [-0.4, -0.2) is 23.0 Å². The molecule has 0 radical (unpaired) electrons. The molecule has 0 saturated heterocycles. The Balaban J connectivity index is 1.31. The van der Waals surface area contributed by atoms with E-state index in [9.17, 15) is 14.4 Å². The van der Waals surface area contributed by atoms with Crippen LogP contribution >= 0.6 is 11.8 Å². The van der Waals surface area contributed by atoms with Crippen molar-refractivity contribution in [2.75, 3.05) is 10.6 Å². The first-order chi connectivity index (χ1) is 23.3. The summed E-state index contributed by atoms with van der Waals surface area (Å²) in [6.07, 6.45) is 2.29. The standard InChI is InChI=1S/C41H39N3O3S/c1-4-38(41(47)42-34-24-22-30(23-25-34)28(2)3)48-36-17-11-16-35(27-36)43-40(46)37(44-39(45)33-14-9-6-10-15-33)26-29-18-20-32(21-19-29)31-12-7-5-8-13-31/h5-28,38H,4H2,1-3H3,(H,42,47)(H,43,46)(H,44,45)/b37-26+. The minimum Gasteiger partial charge on any atom is -0.325 e. The summed E-state index contributed by atoms with van der Waals surface area (Å²) in [6.45, 7) is 6.25. The van der Waals surface area contributed by atoms with Crippen LogP contribution in [0.3, 0.4) is 0 Å². The van der Waals surface area contributed by atoms with Gasteiger partial charge in [-0.3, -0.25) is 14.4 Å². The van der Waals surface area contributed by atoms with Crippen LogP contribution in [0, 0.1) is 0 Å². The van der Waals surface area contributed by atoms with E-state index in [1.54, 1.807) is 36.4 Å². The molecule has 6 nitrogen and oxygen atoms in total. The fourth-order valence-corrected chi connectivity index (χ4v) is 6.03. The van der Waals surface area contributed by atoms with Gasteiger partial charge in [0.1, 0.15) is 5.70 Å². The van der Waals surface area contributed by atoms with Crippen molar-refractivity contribution in [2.24, 2.45) is 0 Å². The number of benzene rings is 5. The Morgan fingerprint density at radius 3 is 1.98 bits per heavy atom. The Morgan fingerprint density at radius 2 is 1.33 bits per heavy atom. The monoisotopic (exact) mass is 653 g/mol. The van der Waals surface area contributed by atoms with Crippen molar-refractivity contribution in [1.82, 2.24) is 5.32 Å². The van der Waals surface area contributed by atoms with Gasteiger partial charge in [0.15, 0.2) is 0 Å². The van der Waals surface area contributed by atoms with Gasteiger partial charge in [0.2, 0.25) is 5.91 Å². The first-order valence-corrected chi connectivity index (χ1v) is 16.9. The summed E-state index contributed by atoms with van der Waals surface area (Å²) in [7, 11) is 0. The SMILES string of the molecule is CCC(Sc1cccc(NC(=O)/C(=C\c2ccc(-c3ccccc3)cc2)NC(=O)c2ccccc2)c1)C(=O)Nc1ccc(C(C)C)cc1. The van der Waals surface area contributed by atoms with Crippen LogP contribution in [0.2, 0.25) is 0 Å². The molecule has 0 spiro atoms. The van der Waals surface area contributed by atoms with Crippen molar-refractivity contribution in [3.8, 4) is 11.1 Å². The van der Waals surface area contributed by atoms with Crippen LogP contribution in [0.1, 0.15) is 54.6 Å². The number of carbonyl (C=O) groups excluding carboxylic acids is 3. The van der Waals surface area contributed by atoms with Crippen LogP contribution in [0.5, 0.6) is 0 Å². The van der Waals surface area contributed by atoms with Gasteiger partial charge >= 0.3 is 0 Å². The lowest BCUT2D eigenvalue weighted by Gasteiger charge is -2.16. The smallest absolute Gasteiger partial charge is 0.272 e. The molecular formula is C41H39N3O3S. The van der Waals surface area contributed by atoms with Crippen LogP contribution in [0.25, 0.3) is 17.2 Å². The highest BCUT2D eigenvalue weighted by Gasteiger charge is 2.20. The van der Waals surface area contributed by atoms with Crippen molar-refractivity contribution in [3.05, 3.63) is 156 Å². The van der Waals surface area contributed by atoms with E-state index in [0.29, 0.717) is 23.6 Å². The van der Waals surface area contributed by atoms with Crippen LogP contribution in [0.4, 0.5) is 11.4 Å². The maximum atomic E-state index is 13.7. The number of rotatable bonds is 12. The summed E-state index contributed by atoms with van der Waals surface area (Å²) in [5.41, 5.74) is 5.95. The molecule has 5 aromatic carbocycles. The third kappa shape index (κ3) is 9.33. The van der Waals surface area contributed by atoms with Crippen molar-refractivity contribution in [2.45, 2.75) is 43.3 Å². The van der Waals surface area contributed by atoms with Gasteiger partial charge < -0.3 is 16.0 Å². The molecule has 0 aliphatic rings. The molecule has 0 aromatic heterocycles. The second-order valence-corrected chi connectivity index (χ2v) is 12.9. The Morgan fingerprint density at radius 1 is 0.688 bits per heavy atom. The Hall–Kier alpha value is -5.40. The van der Waals surface area contributed by atoms with Gasteiger partial charge in [-0.2, -0.15) is 0 Å². The molecule has 0 aliphatic carbocycles. The number of carbonyl (C=O) groups is 3. The van der Waals surface area contributed by atoms with E-state index in [-0.39, 0.29) is 16.9 Å². The van der Waals surface area contributed by atoms with Gasteiger partial charge in [-0.25, -0.2) is 0 Å². The number of amides is 3. The van der Waals surface area contributed by atoms with Crippen molar-refractivity contribution in [1.29, 1.82) is 0 Å². The molecule has 0 saturated carbocycles. The first-order valence-electron chi connectivity index (χ1n) is 16.0. The second-order valence-electron chi connectivity index (χ2n) is 11.6. The summed E-state index contributed by atoms with van der Waals surface area (Å²) in [5, 5.41) is 8.44. The Labute approximate surface area is 286 Å². The van der Waals surface area contributed by atoms with E-state index >= 15 is 0 Å². The third-order valence-corrected chi connectivity index (χ3v) is 9.09. The van der Waals surface area contributed by atoms with Gasteiger partial charge in [-0.15, -0.1) is 11.8 Å². The maximum absolute atomic E-state index is 13.7. The second kappa shape index (κ2) is 16.4. The molecule has 1 atom stereocenters. The molecule has 3 amide bonds. The van der Waals surface area contributed by atoms with Gasteiger partial charge in [0.25, 0.3) is 11.8 Å². The molecule has 0 aliphatic heterocycles. The number of nitrogens with one attached hydrogen (secondary N) is 3. The molecular weight excluding hydrogens is 615 g/mol. The molecule has 7 heteroatoms. The summed E-state index contributed by atoms with van der Waals surface area (Å²) in [6, 6.07) is 41.9. The quantitative estimate of drug-likeness (QED) is 0.0925. The fraction of sp³-hybridized carbons (Fsp3) is 0.146. The minimum absolute atomic E-state index is 0.0821. The summed E-state index contributed by atoms with van der Waals surface area (Å²) < 4.78 is 0. The number of thioether (sulfide) groups is 1. The highest BCUT2D eigenvalue weighted by Crippen LogP contribution is 2.29. The zero-order valence-corrected chi connectivity index (χ0v) is 28.1. The first kappa shape index (κ1) is 33.9. The molecule has 242 valence electrons. The van der Waals surface area contributed by atoms with Gasteiger partial charge in [-0.1, -0.05) is 112 Å². The predicted molar refractivity (Wildman–Crippen MR) is 198 cm³/mol. The summed E-state index contributed by atoms with van der Waals surface area (Å²) >= 11 is 1.44. The van der Waals surface area contributed by atoms with Gasteiger partial charge in [0, 0.05) is 21.8 Å². The van der Waals surface area contributed by atoms with E-state index < -0.39 is 11.8 Å². The van der Waals surface area contributed by atoms with E-state index in [4.69, 9.17) is 0 Å². The van der Waals surface area contributed by atoms with Gasteiger partial charge in [0.05, 0.1) is 5.25 Å². The van der Waals surface area contributed by atoms with Crippen LogP contribution in [0.15, 0.2) is 144 Å². The van der Waals surface area contributed by atoms with Crippen molar-refractivity contribution >= 4 is 46.9 Å². The molecule has 0 bridgehead atoms. The topological polar surface area (TPSA) is 87.3 Å². The third-order valence-electron chi connectivity index (χ3n) is 7.74. The average molecular weight is 654 g/mol. The molecule has 0 fully saturated rings. The summed E-state index contributed by atoms with van der Waals surface area (Å²) in [5.74, 6) is -0.526. The Bertz CT molecular complexity index is 1870. The Kier molecular flexibility index (Phi) is 11.6. The molecule has 0 heterocycles. The molecule has 5 rings (SSSR count). The lowest BCUT2D eigenvalue weighted by molar-refractivity contribution is -0.116. The maximum Gasteiger partial charge on any atom is 0.272 e. The van der Waals surface area contributed by atoms with E-state index in [0.717, 1.165) is 27.3 Å². The largest absolute Gasteiger partial charge is 0.325 e. The van der Waals surface area contributed by atoms with Crippen LogP contribution < -0.4 is 16.0 Å². The zero-order valence-electron chi connectivity index (χ0n) is 27.3. The average Bonchev–Trinajstić information content (AvgIpc) is 3.11. The van der Waals surface area contributed by atoms with Crippen LogP contribution in [-0.2, 0) is 9.59 Å². The minimum atomic E-state index is -0.469.